The molecule has 102 valence electrons. The van der Waals surface area contributed by atoms with E-state index in [1.807, 2.05) is 48.0 Å². The smallest absolute Gasteiger partial charge is 0.207 e. The van der Waals surface area contributed by atoms with Gasteiger partial charge < -0.3 is 5.32 Å². The van der Waals surface area contributed by atoms with Crippen LogP contribution in [0.2, 0.25) is 0 Å². The minimum atomic E-state index is -2.96. The van der Waals surface area contributed by atoms with Crippen molar-refractivity contribution in [2.24, 2.45) is 0 Å². The number of hydrogen-bond acceptors (Lipinski definition) is 4. The van der Waals surface area contributed by atoms with E-state index >= 15 is 0 Å². The van der Waals surface area contributed by atoms with Crippen LogP contribution >= 0.6 is 0 Å². The molecule has 2 aromatic rings. The lowest BCUT2D eigenvalue weighted by Crippen LogP contribution is -2.16. The number of anilines is 1. The summed E-state index contributed by atoms with van der Waals surface area (Å²) in [6.45, 7) is 2.25. The van der Waals surface area contributed by atoms with E-state index in [9.17, 15) is 8.42 Å². The molecule has 6 heteroatoms. The highest BCUT2D eigenvalue weighted by Gasteiger charge is 2.08. The molecule has 0 unspecified atom stereocenters. The first-order valence-electron chi connectivity index (χ1n) is 5.99. The lowest BCUT2D eigenvalue weighted by Gasteiger charge is -2.09. The summed E-state index contributed by atoms with van der Waals surface area (Å²) >= 11 is 0. The van der Waals surface area contributed by atoms with E-state index in [2.05, 4.69) is 10.3 Å². The summed E-state index contributed by atoms with van der Waals surface area (Å²) in [4.78, 5) is 4.36. The third-order valence-corrected chi connectivity index (χ3v) is 3.56. The van der Waals surface area contributed by atoms with Crippen LogP contribution < -0.4 is 5.32 Å². The molecule has 0 saturated carbocycles. The standard InChI is InChI=1S/C13H17N3O2S/c1-11-10-16(12-6-4-3-5-7-12)13(15-11)14-8-9-19(2,17)18/h3-7,10H,8-9H2,1-2H3,(H,14,15). The van der Waals surface area contributed by atoms with Gasteiger partial charge in [-0.2, -0.15) is 0 Å². The summed E-state index contributed by atoms with van der Waals surface area (Å²) in [6, 6.07) is 9.80. The van der Waals surface area contributed by atoms with Gasteiger partial charge in [0.25, 0.3) is 0 Å². The normalized spacial score (nSPS) is 11.5. The Hall–Kier alpha value is -1.82. The lowest BCUT2D eigenvalue weighted by molar-refractivity contribution is 0.602. The molecule has 1 aromatic carbocycles. The van der Waals surface area contributed by atoms with E-state index < -0.39 is 9.84 Å². The molecule has 0 atom stereocenters. The van der Waals surface area contributed by atoms with Gasteiger partial charge in [-0.15, -0.1) is 0 Å². The van der Waals surface area contributed by atoms with Gasteiger partial charge in [0.1, 0.15) is 9.84 Å². The first kappa shape index (κ1) is 13.6. The number of nitrogens with one attached hydrogen (secondary N) is 1. The van der Waals surface area contributed by atoms with E-state index in [4.69, 9.17) is 0 Å². The molecule has 0 saturated heterocycles. The Morgan fingerprint density at radius 3 is 2.58 bits per heavy atom. The molecule has 0 amide bonds. The third kappa shape index (κ3) is 3.82. The summed E-state index contributed by atoms with van der Waals surface area (Å²) in [5, 5.41) is 3.06. The Balaban J connectivity index is 2.18. The van der Waals surface area contributed by atoms with Gasteiger partial charge in [-0.25, -0.2) is 13.4 Å². The number of hydrogen-bond donors (Lipinski definition) is 1. The Morgan fingerprint density at radius 1 is 1.26 bits per heavy atom. The average Bonchev–Trinajstić information content (AvgIpc) is 2.70. The fraction of sp³-hybridized carbons (Fsp3) is 0.308. The maximum atomic E-state index is 11.1. The maximum absolute atomic E-state index is 11.1. The van der Waals surface area contributed by atoms with Crippen molar-refractivity contribution in [3.05, 3.63) is 42.2 Å². The molecular formula is C13H17N3O2S. The highest BCUT2D eigenvalue weighted by molar-refractivity contribution is 7.90. The minimum absolute atomic E-state index is 0.0910. The molecular weight excluding hydrogens is 262 g/mol. The number of aromatic nitrogens is 2. The monoisotopic (exact) mass is 279 g/mol. The van der Waals surface area contributed by atoms with Crippen LogP contribution in [-0.4, -0.2) is 36.5 Å². The predicted octanol–water partition coefficient (Wildman–Crippen LogP) is 1.64. The molecule has 1 heterocycles. The molecule has 0 aliphatic heterocycles. The zero-order valence-electron chi connectivity index (χ0n) is 11.0. The Bertz CT molecular complexity index is 648. The van der Waals surface area contributed by atoms with Crippen molar-refractivity contribution in [1.82, 2.24) is 9.55 Å². The molecule has 0 spiro atoms. The molecule has 0 fully saturated rings. The van der Waals surface area contributed by atoms with Gasteiger partial charge in [-0.3, -0.25) is 4.57 Å². The Morgan fingerprint density at radius 2 is 1.95 bits per heavy atom. The first-order valence-corrected chi connectivity index (χ1v) is 8.05. The summed E-state index contributed by atoms with van der Waals surface area (Å²) in [7, 11) is -2.96. The Kier molecular flexibility index (Phi) is 3.90. The number of aryl methyl sites for hydroxylation is 1. The predicted molar refractivity (Wildman–Crippen MR) is 76.5 cm³/mol. The van der Waals surface area contributed by atoms with Crippen LogP contribution in [0, 0.1) is 6.92 Å². The van der Waals surface area contributed by atoms with E-state index in [0.717, 1.165) is 11.4 Å². The van der Waals surface area contributed by atoms with Crippen LogP contribution in [0.15, 0.2) is 36.5 Å². The Labute approximate surface area is 113 Å². The number of nitrogens with zero attached hydrogens (tertiary/aromatic N) is 2. The largest absolute Gasteiger partial charge is 0.354 e. The fourth-order valence-corrected chi connectivity index (χ4v) is 2.23. The van der Waals surface area contributed by atoms with E-state index in [1.165, 1.54) is 6.26 Å². The third-order valence-electron chi connectivity index (χ3n) is 2.62. The topological polar surface area (TPSA) is 64.0 Å². The highest BCUT2D eigenvalue weighted by Crippen LogP contribution is 2.15. The van der Waals surface area contributed by atoms with Gasteiger partial charge in [0.2, 0.25) is 5.95 Å². The van der Waals surface area contributed by atoms with Crippen LogP contribution in [0.5, 0.6) is 0 Å². The molecule has 0 radical (unpaired) electrons. The number of benzene rings is 1. The van der Waals surface area contributed by atoms with Gasteiger partial charge in [-0.1, -0.05) is 18.2 Å². The zero-order chi connectivity index (χ0) is 13.9. The van der Waals surface area contributed by atoms with E-state index in [-0.39, 0.29) is 5.75 Å². The van der Waals surface area contributed by atoms with Crippen LogP contribution in [0.4, 0.5) is 5.95 Å². The second-order valence-corrected chi connectivity index (χ2v) is 6.73. The second kappa shape index (κ2) is 5.44. The SMILES string of the molecule is Cc1cn(-c2ccccc2)c(NCCS(C)(=O)=O)n1. The summed E-state index contributed by atoms with van der Waals surface area (Å²) in [6.07, 6.45) is 3.14. The summed E-state index contributed by atoms with van der Waals surface area (Å²) in [5.74, 6) is 0.751. The van der Waals surface area contributed by atoms with Crippen LogP contribution in [0.25, 0.3) is 5.69 Å². The van der Waals surface area contributed by atoms with Crippen LogP contribution in [-0.2, 0) is 9.84 Å². The van der Waals surface area contributed by atoms with Gasteiger partial charge in [-0.05, 0) is 19.1 Å². The fourth-order valence-electron chi connectivity index (χ4n) is 1.76. The van der Waals surface area contributed by atoms with Gasteiger partial charge in [0, 0.05) is 24.7 Å². The van der Waals surface area contributed by atoms with Crippen LogP contribution in [0.3, 0.4) is 0 Å². The minimum Gasteiger partial charge on any atom is -0.354 e. The zero-order valence-corrected chi connectivity index (χ0v) is 11.8. The number of rotatable bonds is 5. The van der Waals surface area contributed by atoms with E-state index in [0.29, 0.717) is 12.5 Å². The molecule has 1 N–H and O–H groups in total. The molecule has 0 aliphatic rings. The first-order chi connectivity index (χ1) is 8.96. The van der Waals surface area contributed by atoms with Crippen molar-refractivity contribution in [3.63, 3.8) is 0 Å². The van der Waals surface area contributed by atoms with Crippen LogP contribution in [0.1, 0.15) is 5.69 Å². The van der Waals surface area contributed by atoms with Crippen molar-refractivity contribution in [2.75, 3.05) is 23.9 Å². The molecule has 5 nitrogen and oxygen atoms in total. The van der Waals surface area contributed by atoms with Gasteiger partial charge in [0.05, 0.1) is 11.4 Å². The molecule has 0 aliphatic carbocycles. The number of sulfone groups is 1. The lowest BCUT2D eigenvalue weighted by atomic mass is 10.3. The molecule has 19 heavy (non-hydrogen) atoms. The molecule has 2 rings (SSSR count). The highest BCUT2D eigenvalue weighted by atomic mass is 32.2. The van der Waals surface area contributed by atoms with Crippen molar-refractivity contribution < 1.29 is 8.42 Å². The molecule has 0 bridgehead atoms. The number of para-hydroxylation sites is 1. The van der Waals surface area contributed by atoms with Gasteiger partial charge >= 0.3 is 0 Å². The average molecular weight is 279 g/mol. The van der Waals surface area contributed by atoms with Crippen molar-refractivity contribution in [3.8, 4) is 5.69 Å². The van der Waals surface area contributed by atoms with Gasteiger partial charge in [0.15, 0.2) is 0 Å². The van der Waals surface area contributed by atoms with E-state index in [1.54, 1.807) is 0 Å². The molecule has 1 aromatic heterocycles. The van der Waals surface area contributed by atoms with Crippen molar-refractivity contribution in [2.45, 2.75) is 6.92 Å². The second-order valence-electron chi connectivity index (χ2n) is 4.47. The number of imidazole rings is 1. The summed E-state index contributed by atoms with van der Waals surface area (Å²) in [5.41, 5.74) is 1.87. The van der Waals surface area contributed by atoms with Crippen molar-refractivity contribution in [1.29, 1.82) is 0 Å². The quantitative estimate of drug-likeness (QED) is 0.903. The maximum Gasteiger partial charge on any atom is 0.207 e. The van der Waals surface area contributed by atoms with Crippen molar-refractivity contribution >= 4 is 15.8 Å². The summed E-state index contributed by atoms with van der Waals surface area (Å²) < 4.78 is 24.1.